The molecular weight excluding hydrogens is 569 g/mol. The molecule has 9 aromatic rings. The lowest BCUT2D eigenvalue weighted by Gasteiger charge is -2.21. The molecule has 10 rings (SSSR count). The minimum atomic E-state index is -0.0776. The van der Waals surface area contributed by atoms with Crippen LogP contribution in [0.2, 0.25) is 0 Å². The highest BCUT2D eigenvalue weighted by Crippen LogP contribution is 2.52. The summed E-state index contributed by atoms with van der Waals surface area (Å²) in [6.45, 7) is 4.74. The Kier molecular flexibility index (Phi) is 5.37. The van der Waals surface area contributed by atoms with Crippen LogP contribution in [-0.4, -0.2) is 9.13 Å². The minimum absolute atomic E-state index is 0.0776. The fraction of sp³-hybridized carbons (Fsp3) is 0.0667. The van der Waals surface area contributed by atoms with Gasteiger partial charge >= 0.3 is 0 Å². The van der Waals surface area contributed by atoms with Gasteiger partial charge in [0.15, 0.2) is 0 Å². The molecule has 1 aliphatic rings. The van der Waals surface area contributed by atoms with E-state index in [9.17, 15) is 0 Å². The fourth-order valence-electron chi connectivity index (χ4n) is 8.44. The summed E-state index contributed by atoms with van der Waals surface area (Å²) >= 11 is 0. The molecule has 0 fully saturated rings. The van der Waals surface area contributed by atoms with Crippen molar-refractivity contribution < 1.29 is 0 Å². The highest BCUT2D eigenvalue weighted by Gasteiger charge is 2.36. The molecule has 2 heteroatoms. The third kappa shape index (κ3) is 3.56. The van der Waals surface area contributed by atoms with Crippen LogP contribution in [0.5, 0.6) is 0 Å². The van der Waals surface area contributed by atoms with Crippen LogP contribution < -0.4 is 0 Å². The van der Waals surface area contributed by atoms with Gasteiger partial charge in [-0.2, -0.15) is 0 Å². The Hall–Kier alpha value is -5.86. The van der Waals surface area contributed by atoms with Gasteiger partial charge in [-0.3, -0.25) is 0 Å². The summed E-state index contributed by atoms with van der Waals surface area (Å²) in [7, 11) is 0. The van der Waals surface area contributed by atoms with Crippen LogP contribution in [0.1, 0.15) is 25.0 Å². The van der Waals surface area contributed by atoms with Crippen molar-refractivity contribution in [1.29, 1.82) is 0 Å². The number of fused-ring (bicyclic) bond motifs is 9. The molecule has 2 aromatic heterocycles. The SMILES string of the molecule is CC1(C)c2ccccc2-c2cc3c4c(-c5cccc6c5c5ccccc5n6-c5ccccc5)cccc4n(-c4ccccc4)c3cc21. The Bertz CT molecular complexity index is 2690. The molecule has 0 aliphatic heterocycles. The maximum Gasteiger partial charge on any atom is 0.0547 e. The third-order valence-electron chi connectivity index (χ3n) is 10.5. The first-order chi connectivity index (χ1) is 23.1. The van der Waals surface area contributed by atoms with Crippen molar-refractivity contribution in [2.75, 3.05) is 0 Å². The summed E-state index contributed by atoms with van der Waals surface area (Å²) in [5.74, 6) is 0. The van der Waals surface area contributed by atoms with E-state index in [1.807, 2.05) is 0 Å². The number of rotatable bonds is 3. The number of nitrogens with zero attached hydrogens (tertiary/aromatic N) is 2. The molecule has 2 heterocycles. The van der Waals surface area contributed by atoms with Crippen molar-refractivity contribution >= 4 is 43.6 Å². The normalized spacial score (nSPS) is 13.5. The predicted octanol–water partition coefficient (Wildman–Crippen LogP) is 11.9. The van der Waals surface area contributed by atoms with E-state index in [0.29, 0.717) is 0 Å². The molecule has 2 nitrogen and oxygen atoms in total. The van der Waals surface area contributed by atoms with Gasteiger partial charge in [0.05, 0.1) is 22.1 Å². The first-order valence-electron chi connectivity index (χ1n) is 16.5. The lowest BCUT2D eigenvalue weighted by molar-refractivity contribution is 0.661. The highest BCUT2D eigenvalue weighted by molar-refractivity contribution is 6.22. The maximum atomic E-state index is 2.48. The monoisotopic (exact) mass is 600 g/mol. The van der Waals surface area contributed by atoms with Crippen molar-refractivity contribution in [2.45, 2.75) is 19.3 Å². The molecule has 0 radical (unpaired) electrons. The molecule has 0 unspecified atom stereocenters. The zero-order valence-electron chi connectivity index (χ0n) is 26.4. The number of aromatic nitrogens is 2. The fourth-order valence-corrected chi connectivity index (χ4v) is 8.44. The Morgan fingerprint density at radius 3 is 1.55 bits per heavy atom. The standard InChI is InChI=1S/C45H32N2/c1-45(2)37-23-11-9-19-31(37)35-27-36-42(28-38(35)45)47(30-17-7-4-8-18-30)41-26-14-22-33(44(36)41)32-21-13-25-40-43(32)34-20-10-12-24-39(34)46(40)29-15-5-3-6-16-29/h3-28H,1-2H3. The van der Waals surface area contributed by atoms with E-state index in [1.165, 1.54) is 88.4 Å². The zero-order chi connectivity index (χ0) is 31.3. The summed E-state index contributed by atoms with van der Waals surface area (Å²) in [5.41, 5.74) is 15.2. The van der Waals surface area contributed by atoms with Gasteiger partial charge in [-0.1, -0.05) is 117 Å². The largest absolute Gasteiger partial charge is 0.309 e. The second-order valence-corrected chi connectivity index (χ2v) is 13.3. The van der Waals surface area contributed by atoms with Crippen molar-refractivity contribution in [3.63, 3.8) is 0 Å². The van der Waals surface area contributed by atoms with Crippen molar-refractivity contribution in [3.8, 4) is 33.6 Å². The lowest BCUT2D eigenvalue weighted by Crippen LogP contribution is -2.14. The van der Waals surface area contributed by atoms with Crippen LogP contribution in [0, 0.1) is 0 Å². The quantitative estimate of drug-likeness (QED) is 0.191. The van der Waals surface area contributed by atoms with E-state index in [1.54, 1.807) is 0 Å². The summed E-state index contributed by atoms with van der Waals surface area (Å²) in [6, 6.07) is 58.0. The number of para-hydroxylation sites is 3. The molecule has 0 saturated carbocycles. The predicted molar refractivity (Wildman–Crippen MR) is 198 cm³/mol. The molecule has 0 spiro atoms. The number of benzene rings is 7. The van der Waals surface area contributed by atoms with Gasteiger partial charge in [0, 0.05) is 38.3 Å². The Labute approximate surface area is 273 Å². The van der Waals surface area contributed by atoms with Gasteiger partial charge in [-0.05, 0) is 88.0 Å². The first-order valence-corrected chi connectivity index (χ1v) is 16.5. The van der Waals surface area contributed by atoms with Crippen LogP contribution in [0.15, 0.2) is 158 Å². The first kappa shape index (κ1) is 26.4. The molecule has 1 aliphatic carbocycles. The molecule has 0 atom stereocenters. The average molecular weight is 601 g/mol. The topological polar surface area (TPSA) is 9.86 Å². The second-order valence-electron chi connectivity index (χ2n) is 13.3. The highest BCUT2D eigenvalue weighted by atomic mass is 15.0. The van der Waals surface area contributed by atoms with Gasteiger partial charge < -0.3 is 9.13 Å². The molecule has 222 valence electrons. The van der Waals surface area contributed by atoms with Crippen molar-refractivity contribution in [1.82, 2.24) is 9.13 Å². The molecule has 0 amide bonds. The molecule has 0 bridgehead atoms. The Morgan fingerprint density at radius 1 is 0.362 bits per heavy atom. The van der Waals surface area contributed by atoms with Crippen LogP contribution in [0.4, 0.5) is 0 Å². The number of hydrogen-bond donors (Lipinski definition) is 0. The second kappa shape index (κ2) is 9.57. The minimum Gasteiger partial charge on any atom is -0.309 e. The van der Waals surface area contributed by atoms with E-state index >= 15 is 0 Å². The molecular formula is C45H32N2. The lowest BCUT2D eigenvalue weighted by atomic mass is 9.82. The van der Waals surface area contributed by atoms with Gasteiger partial charge in [0.2, 0.25) is 0 Å². The number of hydrogen-bond acceptors (Lipinski definition) is 0. The average Bonchev–Trinajstić information content (AvgIpc) is 3.71. The van der Waals surface area contributed by atoms with Gasteiger partial charge in [0.25, 0.3) is 0 Å². The van der Waals surface area contributed by atoms with E-state index in [4.69, 9.17) is 0 Å². The van der Waals surface area contributed by atoms with Crippen LogP contribution in [-0.2, 0) is 5.41 Å². The van der Waals surface area contributed by atoms with Crippen LogP contribution >= 0.6 is 0 Å². The molecule has 0 N–H and O–H groups in total. The maximum absolute atomic E-state index is 2.48. The molecule has 0 saturated heterocycles. The van der Waals surface area contributed by atoms with E-state index in [-0.39, 0.29) is 5.41 Å². The Balaban J connectivity index is 1.36. The van der Waals surface area contributed by atoms with Crippen LogP contribution in [0.25, 0.3) is 77.2 Å². The third-order valence-corrected chi connectivity index (χ3v) is 10.5. The summed E-state index contributed by atoms with van der Waals surface area (Å²) in [6.07, 6.45) is 0. The van der Waals surface area contributed by atoms with Crippen molar-refractivity contribution in [2.24, 2.45) is 0 Å². The van der Waals surface area contributed by atoms with Gasteiger partial charge in [0.1, 0.15) is 0 Å². The van der Waals surface area contributed by atoms with Gasteiger partial charge in [-0.15, -0.1) is 0 Å². The molecule has 47 heavy (non-hydrogen) atoms. The van der Waals surface area contributed by atoms with Gasteiger partial charge in [-0.25, -0.2) is 0 Å². The smallest absolute Gasteiger partial charge is 0.0547 e. The summed E-state index contributed by atoms with van der Waals surface area (Å²) in [4.78, 5) is 0. The van der Waals surface area contributed by atoms with Crippen LogP contribution in [0.3, 0.4) is 0 Å². The summed E-state index contributed by atoms with van der Waals surface area (Å²) in [5, 5.41) is 5.13. The van der Waals surface area contributed by atoms with Crippen molar-refractivity contribution in [3.05, 3.63) is 169 Å². The summed E-state index contributed by atoms with van der Waals surface area (Å²) < 4.78 is 4.88. The Morgan fingerprint density at radius 2 is 0.872 bits per heavy atom. The van der Waals surface area contributed by atoms with E-state index in [0.717, 1.165) is 0 Å². The molecule has 7 aromatic carbocycles. The van der Waals surface area contributed by atoms with E-state index < -0.39 is 0 Å². The zero-order valence-corrected chi connectivity index (χ0v) is 26.4. The van der Waals surface area contributed by atoms with E-state index in [2.05, 4.69) is 181 Å².